The fourth-order valence-electron chi connectivity index (χ4n) is 1.33. The molecule has 1 fully saturated rings. The number of nitrogens with zero attached hydrogens (tertiary/aromatic N) is 2. The average Bonchev–Trinajstić information content (AvgIpc) is 2.80. The van der Waals surface area contributed by atoms with E-state index in [0.717, 1.165) is 18.8 Å². The quantitative estimate of drug-likeness (QED) is 0.618. The van der Waals surface area contributed by atoms with Crippen LogP contribution in [0.15, 0.2) is 0 Å². The van der Waals surface area contributed by atoms with Crippen molar-refractivity contribution in [2.24, 2.45) is 0 Å². The van der Waals surface area contributed by atoms with E-state index in [-0.39, 0.29) is 0 Å². The van der Waals surface area contributed by atoms with E-state index < -0.39 is 0 Å². The number of ether oxygens (including phenoxy) is 1. The predicted octanol–water partition coefficient (Wildman–Crippen LogP) is 1.21. The summed E-state index contributed by atoms with van der Waals surface area (Å²) in [6.07, 6.45) is 0.419. The molecule has 0 aromatic carbocycles. The average molecular weight is 166 g/mol. The van der Waals surface area contributed by atoms with E-state index in [9.17, 15) is 0 Å². The number of hydrogen-bond acceptors (Lipinski definition) is 2. The van der Waals surface area contributed by atoms with Gasteiger partial charge in [0.15, 0.2) is 0 Å². The van der Waals surface area contributed by atoms with Crippen molar-refractivity contribution in [1.82, 2.24) is 9.78 Å². The van der Waals surface area contributed by atoms with Crippen molar-refractivity contribution in [2.45, 2.75) is 33.4 Å². The molecule has 1 aromatic heterocycles. The Morgan fingerprint density at radius 3 is 2.58 bits per heavy atom. The van der Waals surface area contributed by atoms with Gasteiger partial charge in [0.25, 0.3) is 0 Å². The Balaban J connectivity index is 2.23. The third-order valence-corrected chi connectivity index (χ3v) is 2.52. The maximum atomic E-state index is 5.16. The highest BCUT2D eigenvalue weighted by Crippen LogP contribution is 2.16. The predicted molar refractivity (Wildman–Crippen MR) is 46.2 cm³/mol. The molecule has 0 saturated carbocycles. The number of rotatable bonds is 2. The minimum atomic E-state index is 0.419. The summed E-state index contributed by atoms with van der Waals surface area (Å²) in [5.41, 5.74) is 3.70. The Bertz CT molecular complexity index is 300. The molecule has 3 heteroatoms. The second kappa shape index (κ2) is 2.59. The van der Waals surface area contributed by atoms with Crippen LogP contribution in [-0.4, -0.2) is 22.5 Å². The molecule has 1 aromatic rings. The number of hydrogen-bond donors (Lipinski definition) is 0. The molecule has 2 heterocycles. The third-order valence-electron chi connectivity index (χ3n) is 2.52. The van der Waals surface area contributed by atoms with Crippen molar-refractivity contribution < 1.29 is 4.74 Å². The van der Waals surface area contributed by atoms with Gasteiger partial charge in [0.1, 0.15) is 6.10 Å². The van der Waals surface area contributed by atoms with Crippen molar-refractivity contribution in [3.63, 3.8) is 0 Å². The van der Waals surface area contributed by atoms with Crippen LogP contribution in [0.1, 0.15) is 17.0 Å². The Kier molecular flexibility index (Phi) is 1.68. The fraction of sp³-hybridized carbons (Fsp3) is 0.667. The van der Waals surface area contributed by atoms with E-state index >= 15 is 0 Å². The van der Waals surface area contributed by atoms with Crippen LogP contribution in [0.2, 0.25) is 0 Å². The van der Waals surface area contributed by atoms with Crippen LogP contribution in [0.25, 0.3) is 0 Å². The fourth-order valence-corrected chi connectivity index (χ4v) is 1.33. The summed E-state index contributed by atoms with van der Waals surface area (Å²) >= 11 is 0. The lowest BCUT2D eigenvalue weighted by Crippen LogP contribution is -2.07. The zero-order valence-electron chi connectivity index (χ0n) is 7.79. The van der Waals surface area contributed by atoms with Gasteiger partial charge in [-0.2, -0.15) is 5.10 Å². The van der Waals surface area contributed by atoms with E-state index in [1.54, 1.807) is 0 Å². The summed E-state index contributed by atoms with van der Waals surface area (Å²) in [5.74, 6) is 0. The molecule has 66 valence electrons. The first kappa shape index (κ1) is 7.80. The molecule has 3 nitrogen and oxygen atoms in total. The van der Waals surface area contributed by atoms with E-state index in [2.05, 4.69) is 18.9 Å². The van der Waals surface area contributed by atoms with Gasteiger partial charge < -0.3 is 4.74 Å². The SMILES string of the molecule is Cc1nn(C[C@@H]2CO2)c(C)c1C. The molecule has 1 aliphatic heterocycles. The van der Waals surface area contributed by atoms with Crippen LogP contribution >= 0.6 is 0 Å². The lowest BCUT2D eigenvalue weighted by atomic mass is 10.2. The number of aromatic nitrogens is 2. The van der Waals surface area contributed by atoms with Gasteiger partial charge in [0.2, 0.25) is 0 Å². The van der Waals surface area contributed by atoms with Crippen LogP contribution in [0.5, 0.6) is 0 Å². The van der Waals surface area contributed by atoms with Crippen molar-refractivity contribution in [3.8, 4) is 0 Å². The monoisotopic (exact) mass is 166 g/mol. The molecule has 0 radical (unpaired) electrons. The standard InChI is InChI=1S/C9H14N2O/c1-6-7(2)10-11(8(6)3)4-9-5-12-9/h9H,4-5H2,1-3H3/t9-/m1/s1. The minimum Gasteiger partial charge on any atom is -0.371 e. The Morgan fingerprint density at radius 1 is 1.50 bits per heavy atom. The van der Waals surface area contributed by atoms with Crippen molar-refractivity contribution in [1.29, 1.82) is 0 Å². The zero-order chi connectivity index (χ0) is 8.72. The molecular weight excluding hydrogens is 152 g/mol. The molecule has 0 amide bonds. The van der Waals surface area contributed by atoms with E-state index in [1.165, 1.54) is 11.3 Å². The molecular formula is C9H14N2O. The van der Waals surface area contributed by atoms with Gasteiger partial charge in [-0.1, -0.05) is 0 Å². The van der Waals surface area contributed by atoms with Crippen LogP contribution in [0, 0.1) is 20.8 Å². The largest absolute Gasteiger partial charge is 0.371 e. The lowest BCUT2D eigenvalue weighted by molar-refractivity contribution is 0.371. The first-order valence-corrected chi connectivity index (χ1v) is 4.30. The van der Waals surface area contributed by atoms with Gasteiger partial charge in [-0.25, -0.2) is 0 Å². The topological polar surface area (TPSA) is 30.4 Å². The van der Waals surface area contributed by atoms with Gasteiger partial charge >= 0.3 is 0 Å². The molecule has 0 unspecified atom stereocenters. The lowest BCUT2D eigenvalue weighted by Gasteiger charge is -2.00. The Hall–Kier alpha value is -0.830. The maximum Gasteiger partial charge on any atom is 0.100 e. The smallest absolute Gasteiger partial charge is 0.100 e. The first-order valence-electron chi connectivity index (χ1n) is 4.30. The number of aryl methyl sites for hydroxylation is 1. The van der Waals surface area contributed by atoms with Gasteiger partial charge in [-0.3, -0.25) is 4.68 Å². The highest BCUT2D eigenvalue weighted by atomic mass is 16.6. The van der Waals surface area contributed by atoms with Crippen LogP contribution < -0.4 is 0 Å². The van der Waals surface area contributed by atoms with Crippen LogP contribution in [-0.2, 0) is 11.3 Å². The molecule has 0 aliphatic carbocycles. The molecule has 12 heavy (non-hydrogen) atoms. The van der Waals surface area contributed by atoms with Crippen molar-refractivity contribution in [2.75, 3.05) is 6.61 Å². The number of epoxide rings is 1. The highest BCUT2D eigenvalue weighted by Gasteiger charge is 2.24. The molecule has 2 rings (SSSR count). The summed E-state index contributed by atoms with van der Waals surface area (Å²) in [6.45, 7) is 8.09. The van der Waals surface area contributed by atoms with Crippen LogP contribution in [0.3, 0.4) is 0 Å². The highest BCUT2D eigenvalue weighted by molar-refractivity contribution is 5.22. The third kappa shape index (κ3) is 1.25. The summed E-state index contributed by atoms with van der Waals surface area (Å²) in [6, 6.07) is 0. The van der Waals surface area contributed by atoms with Gasteiger partial charge in [0, 0.05) is 5.69 Å². The molecule has 0 bridgehead atoms. The summed E-state index contributed by atoms with van der Waals surface area (Å²) < 4.78 is 7.20. The maximum absolute atomic E-state index is 5.16. The second-order valence-electron chi connectivity index (χ2n) is 3.43. The van der Waals surface area contributed by atoms with E-state index in [4.69, 9.17) is 4.74 Å². The normalized spacial score (nSPS) is 21.4. The molecule has 1 saturated heterocycles. The van der Waals surface area contributed by atoms with Crippen molar-refractivity contribution >= 4 is 0 Å². The Labute approximate surface area is 72.3 Å². The van der Waals surface area contributed by atoms with Gasteiger partial charge in [-0.05, 0) is 26.3 Å². The zero-order valence-corrected chi connectivity index (χ0v) is 7.79. The molecule has 1 atom stereocenters. The molecule has 0 N–H and O–H groups in total. The van der Waals surface area contributed by atoms with Crippen LogP contribution in [0.4, 0.5) is 0 Å². The van der Waals surface area contributed by atoms with Gasteiger partial charge in [0.05, 0.1) is 18.8 Å². The van der Waals surface area contributed by atoms with Gasteiger partial charge in [-0.15, -0.1) is 0 Å². The van der Waals surface area contributed by atoms with E-state index in [0.29, 0.717) is 6.10 Å². The van der Waals surface area contributed by atoms with Crippen molar-refractivity contribution in [3.05, 3.63) is 17.0 Å². The molecule has 0 spiro atoms. The molecule has 1 aliphatic rings. The van der Waals surface area contributed by atoms with E-state index in [1.807, 2.05) is 11.6 Å². The first-order chi connectivity index (χ1) is 5.68. The minimum absolute atomic E-state index is 0.419. The summed E-state index contributed by atoms with van der Waals surface area (Å²) in [5, 5.41) is 4.43. The second-order valence-corrected chi connectivity index (χ2v) is 3.43. The Morgan fingerprint density at radius 2 is 2.17 bits per heavy atom. The summed E-state index contributed by atoms with van der Waals surface area (Å²) in [4.78, 5) is 0. The summed E-state index contributed by atoms with van der Waals surface area (Å²) in [7, 11) is 0.